The van der Waals surface area contributed by atoms with Crippen LogP contribution < -0.4 is 14.8 Å². The lowest BCUT2D eigenvalue weighted by Gasteiger charge is -2.20. The summed E-state index contributed by atoms with van der Waals surface area (Å²) in [5.74, 6) is 1.35. The number of aromatic amines is 1. The summed E-state index contributed by atoms with van der Waals surface area (Å²) in [5, 5.41) is 11.1. The van der Waals surface area contributed by atoms with Crippen LogP contribution in [0.5, 0.6) is 11.5 Å². The Bertz CT molecular complexity index is 620. The summed E-state index contributed by atoms with van der Waals surface area (Å²) in [7, 11) is 0. The Hall–Kier alpha value is -1.88. The van der Waals surface area contributed by atoms with E-state index >= 15 is 0 Å². The van der Waals surface area contributed by atoms with Crippen molar-refractivity contribution in [3.63, 3.8) is 0 Å². The van der Waals surface area contributed by atoms with Gasteiger partial charge in [0.25, 0.3) is 0 Å². The lowest BCUT2D eigenvalue weighted by molar-refractivity contribution is 0.171. The monoisotopic (exact) mass is 293 g/mol. The van der Waals surface area contributed by atoms with Gasteiger partial charge in [-0.3, -0.25) is 5.10 Å². The van der Waals surface area contributed by atoms with Crippen LogP contribution >= 0.6 is 11.6 Å². The van der Waals surface area contributed by atoms with Gasteiger partial charge < -0.3 is 14.8 Å². The van der Waals surface area contributed by atoms with Gasteiger partial charge >= 0.3 is 0 Å². The van der Waals surface area contributed by atoms with Crippen molar-refractivity contribution in [1.29, 1.82) is 0 Å². The van der Waals surface area contributed by atoms with Crippen molar-refractivity contribution < 1.29 is 9.47 Å². The molecule has 0 atom stereocenters. The van der Waals surface area contributed by atoms with Crippen LogP contribution in [-0.2, 0) is 6.54 Å². The highest BCUT2D eigenvalue weighted by molar-refractivity contribution is 6.32. The molecule has 0 aliphatic carbocycles. The normalized spacial score (nSPS) is 13.3. The van der Waals surface area contributed by atoms with Crippen molar-refractivity contribution in [2.24, 2.45) is 0 Å². The minimum Gasteiger partial charge on any atom is -0.486 e. The van der Waals surface area contributed by atoms with Gasteiger partial charge in [-0.25, -0.2) is 0 Å². The smallest absolute Gasteiger partial charge is 0.179 e. The molecule has 20 heavy (non-hydrogen) atoms. The summed E-state index contributed by atoms with van der Waals surface area (Å²) in [4.78, 5) is 0. The number of fused-ring (bicyclic) bond motifs is 1. The third-order valence-corrected chi connectivity index (χ3v) is 3.53. The molecular formula is C14H16ClN3O2. The van der Waals surface area contributed by atoms with Gasteiger partial charge in [0.2, 0.25) is 0 Å². The number of benzene rings is 1. The number of ether oxygens (including phenoxy) is 2. The number of H-pyrrole nitrogens is 1. The highest BCUT2D eigenvalue weighted by Gasteiger charge is 2.16. The van der Waals surface area contributed by atoms with Gasteiger partial charge in [-0.15, -0.1) is 0 Å². The molecule has 1 aromatic heterocycles. The van der Waals surface area contributed by atoms with E-state index in [9.17, 15) is 0 Å². The van der Waals surface area contributed by atoms with Crippen LogP contribution in [0, 0.1) is 13.8 Å². The lowest BCUT2D eigenvalue weighted by atomic mass is 10.2. The number of anilines is 1. The molecule has 0 amide bonds. The molecule has 0 saturated carbocycles. The van der Waals surface area contributed by atoms with E-state index in [0.717, 1.165) is 22.6 Å². The molecular weight excluding hydrogens is 278 g/mol. The predicted octanol–water partition coefficient (Wildman–Crippen LogP) is 3.06. The van der Waals surface area contributed by atoms with Gasteiger partial charge in [0.1, 0.15) is 13.2 Å². The summed E-state index contributed by atoms with van der Waals surface area (Å²) < 4.78 is 11.1. The summed E-state index contributed by atoms with van der Waals surface area (Å²) in [6.45, 7) is 5.69. The van der Waals surface area contributed by atoms with E-state index < -0.39 is 0 Å². The van der Waals surface area contributed by atoms with E-state index in [-0.39, 0.29) is 0 Å². The second-order valence-electron chi connectivity index (χ2n) is 4.76. The van der Waals surface area contributed by atoms with Crippen LogP contribution in [-0.4, -0.2) is 23.4 Å². The average Bonchev–Trinajstić information content (AvgIpc) is 2.76. The molecule has 0 saturated heterocycles. The molecule has 1 aliphatic rings. The fourth-order valence-electron chi connectivity index (χ4n) is 2.27. The zero-order valence-electron chi connectivity index (χ0n) is 11.4. The predicted molar refractivity (Wildman–Crippen MR) is 77.8 cm³/mol. The van der Waals surface area contributed by atoms with E-state index in [1.54, 1.807) is 0 Å². The first-order chi connectivity index (χ1) is 9.65. The van der Waals surface area contributed by atoms with Gasteiger partial charge in [-0.1, -0.05) is 11.6 Å². The number of aryl methyl sites for hydroxylation is 2. The highest BCUT2D eigenvalue weighted by atomic mass is 35.5. The zero-order valence-corrected chi connectivity index (χ0v) is 12.2. The third-order valence-electron chi connectivity index (χ3n) is 3.25. The average molecular weight is 294 g/mol. The van der Waals surface area contributed by atoms with Crippen LogP contribution in [0.15, 0.2) is 12.1 Å². The van der Waals surface area contributed by atoms with E-state index in [1.807, 2.05) is 26.0 Å². The standard InChI is InChI=1S/C14H16ClN3O2/c1-8-13(9(2)18-17-8)16-7-10-5-11(15)14-12(6-10)19-3-4-20-14/h5-6,16H,3-4,7H2,1-2H3,(H,17,18). The Labute approximate surface area is 122 Å². The number of halogens is 1. The van der Waals surface area contributed by atoms with E-state index in [2.05, 4.69) is 15.5 Å². The summed E-state index contributed by atoms with van der Waals surface area (Å²) >= 11 is 6.22. The van der Waals surface area contributed by atoms with E-state index in [1.165, 1.54) is 0 Å². The maximum Gasteiger partial charge on any atom is 0.179 e. The second-order valence-corrected chi connectivity index (χ2v) is 5.17. The fourth-order valence-corrected chi connectivity index (χ4v) is 2.56. The molecule has 2 aromatic rings. The number of nitrogens with one attached hydrogen (secondary N) is 2. The van der Waals surface area contributed by atoms with Gasteiger partial charge in [0, 0.05) is 6.54 Å². The first-order valence-corrected chi connectivity index (χ1v) is 6.86. The maximum atomic E-state index is 6.22. The third kappa shape index (κ3) is 2.41. The van der Waals surface area contributed by atoms with Crippen molar-refractivity contribution >= 4 is 17.3 Å². The molecule has 2 N–H and O–H groups in total. The van der Waals surface area contributed by atoms with Crippen molar-refractivity contribution in [3.8, 4) is 11.5 Å². The molecule has 0 radical (unpaired) electrons. The number of aromatic nitrogens is 2. The summed E-state index contributed by atoms with van der Waals surface area (Å²) in [6, 6.07) is 3.85. The highest BCUT2D eigenvalue weighted by Crippen LogP contribution is 2.38. The van der Waals surface area contributed by atoms with Crippen molar-refractivity contribution in [2.75, 3.05) is 18.5 Å². The first kappa shape index (κ1) is 13.1. The van der Waals surface area contributed by atoms with Gasteiger partial charge in [0.05, 0.1) is 22.1 Å². The van der Waals surface area contributed by atoms with Crippen LogP contribution in [0.25, 0.3) is 0 Å². The van der Waals surface area contributed by atoms with Gasteiger partial charge in [0.15, 0.2) is 11.5 Å². The van der Waals surface area contributed by atoms with Crippen LogP contribution in [0.4, 0.5) is 5.69 Å². The molecule has 0 fully saturated rings. The Balaban J connectivity index is 1.80. The molecule has 0 spiro atoms. The van der Waals surface area contributed by atoms with Crippen molar-refractivity contribution in [1.82, 2.24) is 10.2 Å². The SMILES string of the molecule is Cc1n[nH]c(C)c1NCc1cc(Cl)c2c(c1)OCCO2. The number of hydrogen-bond acceptors (Lipinski definition) is 4. The molecule has 2 heterocycles. The Morgan fingerprint density at radius 2 is 2.10 bits per heavy atom. The lowest BCUT2D eigenvalue weighted by Crippen LogP contribution is -2.16. The van der Waals surface area contributed by atoms with Crippen molar-refractivity contribution in [3.05, 3.63) is 34.1 Å². The zero-order chi connectivity index (χ0) is 14.1. The topological polar surface area (TPSA) is 59.2 Å². The van der Waals surface area contributed by atoms with Crippen molar-refractivity contribution in [2.45, 2.75) is 20.4 Å². The first-order valence-electron chi connectivity index (χ1n) is 6.48. The van der Waals surface area contributed by atoms with Crippen LogP contribution in [0.3, 0.4) is 0 Å². The van der Waals surface area contributed by atoms with Crippen LogP contribution in [0.1, 0.15) is 17.0 Å². The number of rotatable bonds is 3. The number of nitrogens with zero attached hydrogens (tertiary/aromatic N) is 1. The second kappa shape index (κ2) is 5.25. The minimum absolute atomic E-state index is 0.539. The molecule has 1 aromatic carbocycles. The summed E-state index contributed by atoms with van der Waals surface area (Å²) in [5.41, 5.74) is 4.03. The largest absolute Gasteiger partial charge is 0.486 e. The van der Waals surface area contributed by atoms with E-state index in [0.29, 0.717) is 36.3 Å². The molecule has 0 unspecified atom stereocenters. The molecule has 3 rings (SSSR count). The molecule has 0 bridgehead atoms. The fraction of sp³-hybridized carbons (Fsp3) is 0.357. The van der Waals surface area contributed by atoms with Crippen LogP contribution in [0.2, 0.25) is 5.02 Å². The Kier molecular flexibility index (Phi) is 3.44. The van der Waals surface area contributed by atoms with E-state index in [4.69, 9.17) is 21.1 Å². The van der Waals surface area contributed by atoms with Gasteiger partial charge in [-0.2, -0.15) is 5.10 Å². The number of hydrogen-bond donors (Lipinski definition) is 2. The molecule has 106 valence electrons. The molecule has 6 heteroatoms. The Morgan fingerprint density at radius 1 is 1.30 bits per heavy atom. The maximum absolute atomic E-state index is 6.22. The molecule has 1 aliphatic heterocycles. The Morgan fingerprint density at radius 3 is 2.85 bits per heavy atom. The molecule has 5 nitrogen and oxygen atoms in total. The summed E-state index contributed by atoms with van der Waals surface area (Å²) in [6.07, 6.45) is 0. The minimum atomic E-state index is 0.539. The van der Waals surface area contributed by atoms with Gasteiger partial charge in [-0.05, 0) is 31.5 Å². The quantitative estimate of drug-likeness (QED) is 0.913.